The van der Waals surface area contributed by atoms with Crippen molar-refractivity contribution in [3.8, 4) is 22.0 Å². The summed E-state index contributed by atoms with van der Waals surface area (Å²) in [7, 11) is 1.95. The zero-order valence-electron chi connectivity index (χ0n) is 17.6. The lowest BCUT2D eigenvalue weighted by Crippen LogP contribution is -2.12. The molecule has 0 unspecified atom stereocenters. The maximum Gasteiger partial charge on any atom is 0.258 e. The molecule has 2 aromatic carbocycles. The van der Waals surface area contributed by atoms with E-state index in [4.69, 9.17) is 4.98 Å². The number of thioether (sulfide) groups is 1. The number of benzene rings is 2. The Bertz CT molecular complexity index is 1380. The average molecular weight is 490 g/mol. The number of anilines is 1. The summed E-state index contributed by atoms with van der Waals surface area (Å²) in [5, 5.41) is 5.57. The molecule has 0 atom stereocenters. The van der Waals surface area contributed by atoms with Crippen LogP contribution in [0.5, 0.6) is 0 Å². The van der Waals surface area contributed by atoms with Crippen molar-refractivity contribution in [3.63, 3.8) is 0 Å². The number of rotatable bonds is 7. The maximum atomic E-state index is 13.2. The van der Waals surface area contributed by atoms with Gasteiger partial charge in [0, 0.05) is 41.0 Å². The van der Waals surface area contributed by atoms with Crippen LogP contribution >= 0.6 is 34.4 Å². The topological polar surface area (TPSA) is 72.7 Å². The second kappa shape index (κ2) is 9.70. The van der Waals surface area contributed by atoms with Crippen LogP contribution in [-0.2, 0) is 12.8 Å². The minimum absolute atomic E-state index is 0.184. The Kier molecular flexibility index (Phi) is 6.34. The molecule has 0 saturated carbocycles. The van der Waals surface area contributed by atoms with Gasteiger partial charge in [-0.05, 0) is 12.1 Å². The summed E-state index contributed by atoms with van der Waals surface area (Å²) in [4.78, 5) is 28.6. The standard InChI is InChI=1S/C24H19N5OS3/c1-29-12-11-25-22(29)21-20(16-7-3-2-4-8-16)27-24(33-21)28-23(30)18-9-5-6-10-19(18)32-14-17-13-31-15-26-17/h2-13,15H,14H2,1H3,(H,27,28,30). The molecule has 0 saturated heterocycles. The molecule has 3 aromatic heterocycles. The van der Waals surface area contributed by atoms with Crippen molar-refractivity contribution in [1.82, 2.24) is 19.5 Å². The predicted molar refractivity (Wildman–Crippen MR) is 136 cm³/mol. The van der Waals surface area contributed by atoms with Crippen molar-refractivity contribution in [2.75, 3.05) is 5.32 Å². The highest BCUT2D eigenvalue weighted by Gasteiger charge is 2.20. The Labute approximate surface area is 203 Å². The first-order valence-corrected chi connectivity index (χ1v) is 12.9. The van der Waals surface area contributed by atoms with Crippen molar-refractivity contribution in [2.45, 2.75) is 10.6 Å². The zero-order valence-corrected chi connectivity index (χ0v) is 20.1. The van der Waals surface area contributed by atoms with Crippen LogP contribution in [0.1, 0.15) is 16.1 Å². The van der Waals surface area contributed by atoms with Gasteiger partial charge in [0.15, 0.2) is 11.0 Å². The number of thiazole rings is 2. The van der Waals surface area contributed by atoms with Gasteiger partial charge in [-0.2, -0.15) is 0 Å². The summed E-state index contributed by atoms with van der Waals surface area (Å²) < 4.78 is 1.95. The number of imidazole rings is 1. The largest absolute Gasteiger partial charge is 0.333 e. The molecule has 33 heavy (non-hydrogen) atoms. The van der Waals surface area contributed by atoms with Crippen molar-refractivity contribution < 1.29 is 4.79 Å². The second-order valence-electron chi connectivity index (χ2n) is 7.14. The van der Waals surface area contributed by atoms with Crippen LogP contribution < -0.4 is 5.32 Å². The van der Waals surface area contributed by atoms with Gasteiger partial charge in [0.05, 0.1) is 27.3 Å². The molecule has 0 aliphatic rings. The van der Waals surface area contributed by atoms with Crippen molar-refractivity contribution in [2.24, 2.45) is 7.05 Å². The summed E-state index contributed by atoms with van der Waals surface area (Å²) in [6, 6.07) is 17.6. The number of aromatic nitrogens is 4. The monoisotopic (exact) mass is 489 g/mol. The molecular formula is C24H19N5OS3. The SMILES string of the molecule is Cn1ccnc1-c1sc(NC(=O)c2ccccc2SCc2cscn2)nc1-c1ccccc1. The molecule has 1 amide bonds. The number of carbonyl (C=O) groups is 1. The first-order valence-electron chi connectivity index (χ1n) is 10.1. The van der Waals surface area contributed by atoms with E-state index in [-0.39, 0.29) is 5.91 Å². The molecule has 5 rings (SSSR count). The Morgan fingerprint density at radius 1 is 1.09 bits per heavy atom. The fourth-order valence-electron chi connectivity index (χ4n) is 3.31. The van der Waals surface area contributed by atoms with Gasteiger partial charge in [-0.1, -0.05) is 53.8 Å². The molecule has 6 nitrogen and oxygen atoms in total. The number of carbonyl (C=O) groups excluding carboxylic acids is 1. The number of nitrogens with one attached hydrogen (secondary N) is 1. The lowest BCUT2D eigenvalue weighted by molar-refractivity contribution is 0.102. The molecule has 0 bridgehead atoms. The van der Waals surface area contributed by atoms with E-state index in [1.807, 2.05) is 83.3 Å². The van der Waals surface area contributed by atoms with Gasteiger partial charge in [-0.15, -0.1) is 23.1 Å². The van der Waals surface area contributed by atoms with Crippen molar-refractivity contribution in [1.29, 1.82) is 0 Å². The summed E-state index contributed by atoms with van der Waals surface area (Å²) in [5.74, 6) is 1.34. The van der Waals surface area contributed by atoms with Crippen LogP contribution in [0.25, 0.3) is 22.0 Å². The van der Waals surface area contributed by atoms with Gasteiger partial charge in [-0.25, -0.2) is 15.0 Å². The molecule has 0 spiro atoms. The van der Waals surface area contributed by atoms with Crippen LogP contribution in [0.2, 0.25) is 0 Å². The smallest absolute Gasteiger partial charge is 0.258 e. The Morgan fingerprint density at radius 3 is 2.67 bits per heavy atom. The molecule has 1 N–H and O–H groups in total. The molecule has 5 aromatic rings. The lowest BCUT2D eigenvalue weighted by atomic mass is 10.1. The summed E-state index contributed by atoms with van der Waals surface area (Å²) in [6.07, 6.45) is 3.66. The minimum Gasteiger partial charge on any atom is -0.333 e. The van der Waals surface area contributed by atoms with Crippen LogP contribution in [0.4, 0.5) is 5.13 Å². The number of amides is 1. The third kappa shape index (κ3) is 4.75. The fraction of sp³-hybridized carbons (Fsp3) is 0.0833. The summed E-state index contributed by atoms with van der Waals surface area (Å²) in [6.45, 7) is 0. The van der Waals surface area contributed by atoms with Gasteiger partial charge in [-0.3, -0.25) is 10.1 Å². The third-order valence-corrected chi connectivity index (χ3v) is 7.62. The van der Waals surface area contributed by atoms with E-state index in [9.17, 15) is 4.79 Å². The Hall–Kier alpha value is -3.27. The van der Waals surface area contributed by atoms with Gasteiger partial charge in [0.1, 0.15) is 0 Å². The highest BCUT2D eigenvalue weighted by molar-refractivity contribution is 7.98. The van der Waals surface area contributed by atoms with Gasteiger partial charge >= 0.3 is 0 Å². The highest BCUT2D eigenvalue weighted by Crippen LogP contribution is 2.38. The molecule has 0 radical (unpaired) electrons. The van der Waals surface area contributed by atoms with E-state index in [2.05, 4.69) is 15.3 Å². The molecule has 9 heteroatoms. The minimum atomic E-state index is -0.184. The van der Waals surface area contributed by atoms with E-state index in [1.54, 1.807) is 29.3 Å². The molecule has 3 heterocycles. The lowest BCUT2D eigenvalue weighted by Gasteiger charge is -2.08. The number of nitrogens with zero attached hydrogens (tertiary/aromatic N) is 4. The van der Waals surface area contributed by atoms with Gasteiger partial charge < -0.3 is 4.57 Å². The van der Waals surface area contributed by atoms with Crippen LogP contribution in [0, 0.1) is 0 Å². The van der Waals surface area contributed by atoms with E-state index in [1.165, 1.54) is 11.3 Å². The Balaban J connectivity index is 1.44. The molecule has 164 valence electrons. The molecule has 0 fully saturated rings. The Morgan fingerprint density at radius 2 is 1.91 bits per heavy atom. The van der Waals surface area contributed by atoms with Crippen molar-refractivity contribution in [3.05, 3.63) is 89.1 Å². The molecule has 0 aliphatic heterocycles. The number of hydrogen-bond acceptors (Lipinski definition) is 7. The van der Waals surface area contributed by atoms with Crippen LogP contribution in [-0.4, -0.2) is 25.4 Å². The fourth-order valence-corrected chi connectivity index (χ4v) is 5.94. The second-order valence-corrected chi connectivity index (χ2v) is 9.88. The quantitative estimate of drug-likeness (QED) is 0.275. The summed E-state index contributed by atoms with van der Waals surface area (Å²) >= 11 is 4.60. The molecule has 0 aliphatic carbocycles. The van der Waals surface area contributed by atoms with Crippen LogP contribution in [0.3, 0.4) is 0 Å². The number of hydrogen-bond donors (Lipinski definition) is 1. The maximum absolute atomic E-state index is 13.2. The third-order valence-electron chi connectivity index (χ3n) is 4.91. The van der Waals surface area contributed by atoms with E-state index in [0.717, 1.165) is 32.5 Å². The van der Waals surface area contributed by atoms with Crippen molar-refractivity contribution >= 4 is 45.5 Å². The first kappa shape index (κ1) is 21.6. The summed E-state index contributed by atoms with van der Waals surface area (Å²) in [5.41, 5.74) is 5.23. The average Bonchev–Trinajstić information content (AvgIpc) is 3.60. The van der Waals surface area contributed by atoms with Crippen LogP contribution in [0.15, 0.2) is 82.8 Å². The normalized spacial score (nSPS) is 10.9. The first-order chi connectivity index (χ1) is 16.2. The van der Waals surface area contributed by atoms with E-state index >= 15 is 0 Å². The van der Waals surface area contributed by atoms with Gasteiger partial charge in [0.2, 0.25) is 0 Å². The zero-order chi connectivity index (χ0) is 22.6. The predicted octanol–water partition coefficient (Wildman–Crippen LogP) is 6.21. The van der Waals surface area contributed by atoms with E-state index in [0.29, 0.717) is 16.4 Å². The highest BCUT2D eigenvalue weighted by atomic mass is 32.2. The van der Waals surface area contributed by atoms with Gasteiger partial charge in [0.25, 0.3) is 5.91 Å². The van der Waals surface area contributed by atoms with E-state index < -0.39 is 0 Å². The number of aryl methyl sites for hydroxylation is 1. The molecular weight excluding hydrogens is 470 g/mol.